The number of piperazine rings is 1. The lowest BCUT2D eigenvalue weighted by Crippen LogP contribution is -2.45. The van der Waals surface area contributed by atoms with Gasteiger partial charge in [-0.3, -0.25) is 4.90 Å². The molecule has 3 N–H and O–H groups in total. The van der Waals surface area contributed by atoms with Crippen LogP contribution in [0.1, 0.15) is 29.2 Å². The molecule has 29 heavy (non-hydrogen) atoms. The highest BCUT2D eigenvalue weighted by atomic mass is 127. The van der Waals surface area contributed by atoms with Gasteiger partial charge in [-0.15, -0.1) is 24.0 Å². The molecule has 2 aromatic carbocycles. The van der Waals surface area contributed by atoms with Crippen molar-refractivity contribution in [3.05, 3.63) is 64.7 Å². The van der Waals surface area contributed by atoms with E-state index in [9.17, 15) is 0 Å². The molecule has 1 heterocycles. The maximum atomic E-state index is 6.06. The summed E-state index contributed by atoms with van der Waals surface area (Å²) in [5, 5.41) is 3.18. The van der Waals surface area contributed by atoms with Gasteiger partial charge in [0, 0.05) is 38.4 Å². The van der Waals surface area contributed by atoms with Crippen molar-refractivity contribution in [2.45, 2.75) is 33.9 Å². The second-order valence-corrected chi connectivity index (χ2v) is 7.73. The number of rotatable bonds is 6. The van der Waals surface area contributed by atoms with Crippen LogP contribution < -0.4 is 11.1 Å². The van der Waals surface area contributed by atoms with Gasteiger partial charge >= 0.3 is 0 Å². The van der Waals surface area contributed by atoms with E-state index in [1.54, 1.807) is 0 Å². The molecule has 6 heteroatoms. The average molecular weight is 507 g/mol. The number of hydrogen-bond donors (Lipinski definition) is 2. The zero-order valence-electron chi connectivity index (χ0n) is 17.8. The fourth-order valence-electron chi connectivity index (χ4n) is 3.68. The number of hydrogen-bond acceptors (Lipinski definition) is 3. The highest BCUT2D eigenvalue weighted by Crippen LogP contribution is 2.14. The number of aryl methyl sites for hydroxylation is 2. The Morgan fingerprint density at radius 2 is 1.48 bits per heavy atom. The minimum absolute atomic E-state index is 0. The lowest BCUT2D eigenvalue weighted by Gasteiger charge is -2.34. The molecule has 0 amide bonds. The lowest BCUT2D eigenvalue weighted by molar-refractivity contribution is 0.132. The van der Waals surface area contributed by atoms with Gasteiger partial charge in [0.1, 0.15) is 0 Å². The summed E-state index contributed by atoms with van der Waals surface area (Å²) in [5.74, 6) is 0.447. The molecule has 1 fully saturated rings. The predicted octanol–water partition coefficient (Wildman–Crippen LogP) is 3.99. The number of guanidine groups is 1. The average Bonchev–Trinajstić information content (AvgIpc) is 2.67. The molecule has 0 saturated carbocycles. The quantitative estimate of drug-likeness (QED) is 0.353. The van der Waals surface area contributed by atoms with Crippen LogP contribution in [-0.2, 0) is 13.1 Å². The third kappa shape index (κ3) is 7.60. The number of likely N-dealkylation sites (N-methyl/N-ethyl adjacent to an activating group) is 1. The summed E-state index contributed by atoms with van der Waals surface area (Å²) in [7, 11) is 0. The lowest BCUT2D eigenvalue weighted by atomic mass is 10.1. The number of nitrogens with one attached hydrogen (secondary N) is 1. The van der Waals surface area contributed by atoms with Gasteiger partial charge in [-0.1, -0.05) is 37.3 Å². The summed E-state index contributed by atoms with van der Waals surface area (Å²) in [6.45, 7) is 13.8. The largest absolute Gasteiger partial charge is 0.370 e. The zero-order chi connectivity index (χ0) is 19.9. The first kappa shape index (κ1) is 23.6. The summed E-state index contributed by atoms with van der Waals surface area (Å²) in [6.07, 6.45) is 0. The fourth-order valence-corrected chi connectivity index (χ4v) is 3.68. The molecule has 2 aromatic rings. The summed E-state index contributed by atoms with van der Waals surface area (Å²) >= 11 is 0. The number of halogens is 1. The molecule has 0 unspecified atom stereocenters. The van der Waals surface area contributed by atoms with Crippen LogP contribution >= 0.6 is 24.0 Å². The van der Waals surface area contributed by atoms with E-state index in [-0.39, 0.29) is 24.0 Å². The highest BCUT2D eigenvalue weighted by molar-refractivity contribution is 14.0. The number of nitrogens with zero attached hydrogens (tertiary/aromatic N) is 3. The Bertz CT molecular complexity index is 775. The van der Waals surface area contributed by atoms with Gasteiger partial charge < -0.3 is 16.0 Å². The van der Waals surface area contributed by atoms with Crippen molar-refractivity contribution >= 4 is 35.6 Å². The van der Waals surface area contributed by atoms with Crippen molar-refractivity contribution in [3.8, 4) is 0 Å². The molecule has 0 radical (unpaired) electrons. The van der Waals surface area contributed by atoms with Gasteiger partial charge in [0.25, 0.3) is 0 Å². The van der Waals surface area contributed by atoms with Gasteiger partial charge in [-0.25, -0.2) is 4.99 Å². The Kier molecular flexibility index (Phi) is 9.39. The first-order chi connectivity index (χ1) is 13.5. The van der Waals surface area contributed by atoms with E-state index in [2.05, 4.69) is 83.3 Å². The van der Waals surface area contributed by atoms with E-state index in [1.807, 2.05) is 0 Å². The molecule has 0 spiro atoms. The van der Waals surface area contributed by atoms with Gasteiger partial charge in [0.05, 0.1) is 6.54 Å². The van der Waals surface area contributed by atoms with E-state index in [0.29, 0.717) is 12.5 Å². The minimum Gasteiger partial charge on any atom is -0.370 e. The van der Waals surface area contributed by atoms with Crippen LogP contribution in [0.25, 0.3) is 0 Å². The van der Waals surface area contributed by atoms with E-state index >= 15 is 0 Å². The molecule has 0 bridgehead atoms. The first-order valence-electron chi connectivity index (χ1n) is 10.2. The van der Waals surface area contributed by atoms with Crippen LogP contribution in [0, 0.1) is 13.8 Å². The van der Waals surface area contributed by atoms with Crippen LogP contribution in [-0.4, -0.2) is 48.5 Å². The Hall–Kier alpha value is -1.64. The summed E-state index contributed by atoms with van der Waals surface area (Å²) in [5.41, 5.74) is 12.0. The Balaban J connectivity index is 0.00000300. The summed E-state index contributed by atoms with van der Waals surface area (Å²) < 4.78 is 0. The normalized spacial score (nSPS) is 15.8. The zero-order valence-corrected chi connectivity index (χ0v) is 20.1. The molecule has 1 aliphatic rings. The molecular weight excluding hydrogens is 473 g/mol. The maximum Gasteiger partial charge on any atom is 0.193 e. The monoisotopic (exact) mass is 507 g/mol. The molecule has 0 aromatic heterocycles. The van der Waals surface area contributed by atoms with E-state index < -0.39 is 0 Å². The molecule has 3 rings (SSSR count). The van der Waals surface area contributed by atoms with Crippen molar-refractivity contribution in [3.63, 3.8) is 0 Å². The highest BCUT2D eigenvalue weighted by Gasteiger charge is 2.15. The predicted molar refractivity (Wildman–Crippen MR) is 134 cm³/mol. The standard InChI is InChI=1S/C23H33N5.HI/c1-4-27-9-11-28(12-10-27)17-21-7-5-20(6-8-21)16-25-23(24)26-22-14-18(2)13-19(3)15-22;/h5-8,13-15H,4,9-12,16-17H2,1-3H3,(H3,24,25,26);1H. The second-order valence-electron chi connectivity index (χ2n) is 7.73. The molecule has 0 aliphatic carbocycles. The van der Waals surface area contributed by atoms with Gasteiger partial charge in [0.15, 0.2) is 5.96 Å². The van der Waals surface area contributed by atoms with E-state index in [1.165, 1.54) is 35.3 Å². The van der Waals surface area contributed by atoms with Crippen molar-refractivity contribution < 1.29 is 0 Å². The molecular formula is C23H34IN5. The molecule has 158 valence electrons. The van der Waals surface area contributed by atoms with Crippen LogP contribution in [0.15, 0.2) is 47.5 Å². The van der Waals surface area contributed by atoms with Crippen LogP contribution in [0.2, 0.25) is 0 Å². The number of anilines is 1. The first-order valence-corrected chi connectivity index (χ1v) is 10.2. The van der Waals surface area contributed by atoms with Crippen molar-refractivity contribution in [1.29, 1.82) is 0 Å². The van der Waals surface area contributed by atoms with Crippen LogP contribution in [0.3, 0.4) is 0 Å². The molecule has 1 aliphatic heterocycles. The maximum absolute atomic E-state index is 6.06. The second kappa shape index (κ2) is 11.5. The van der Waals surface area contributed by atoms with Crippen LogP contribution in [0.5, 0.6) is 0 Å². The van der Waals surface area contributed by atoms with E-state index in [0.717, 1.165) is 31.9 Å². The van der Waals surface area contributed by atoms with E-state index in [4.69, 9.17) is 5.73 Å². The Morgan fingerprint density at radius 3 is 2.07 bits per heavy atom. The number of benzene rings is 2. The fraction of sp³-hybridized carbons (Fsp3) is 0.435. The Morgan fingerprint density at radius 1 is 0.931 bits per heavy atom. The topological polar surface area (TPSA) is 56.9 Å². The SMILES string of the molecule is CCN1CCN(Cc2ccc(CN=C(N)Nc3cc(C)cc(C)c3)cc2)CC1.I. The van der Waals surface area contributed by atoms with Crippen molar-refractivity contribution in [2.24, 2.45) is 10.7 Å². The smallest absolute Gasteiger partial charge is 0.193 e. The number of nitrogens with two attached hydrogens (primary N) is 1. The third-order valence-electron chi connectivity index (χ3n) is 5.27. The minimum atomic E-state index is 0. The van der Waals surface area contributed by atoms with Gasteiger partial charge in [-0.2, -0.15) is 0 Å². The molecule has 0 atom stereocenters. The van der Waals surface area contributed by atoms with Crippen molar-refractivity contribution in [1.82, 2.24) is 9.80 Å². The van der Waals surface area contributed by atoms with Gasteiger partial charge in [0.2, 0.25) is 0 Å². The van der Waals surface area contributed by atoms with Gasteiger partial charge in [-0.05, 0) is 54.8 Å². The molecule has 1 saturated heterocycles. The van der Waals surface area contributed by atoms with Crippen molar-refractivity contribution in [2.75, 3.05) is 38.0 Å². The third-order valence-corrected chi connectivity index (χ3v) is 5.27. The molecule has 5 nitrogen and oxygen atoms in total. The van der Waals surface area contributed by atoms with Crippen LogP contribution in [0.4, 0.5) is 5.69 Å². The Labute approximate surface area is 192 Å². The summed E-state index contributed by atoms with van der Waals surface area (Å²) in [4.78, 5) is 9.52. The number of aliphatic imine (C=N–C) groups is 1. The summed E-state index contributed by atoms with van der Waals surface area (Å²) in [6, 6.07) is 15.0.